The van der Waals surface area contributed by atoms with Crippen LogP contribution in [-0.4, -0.2) is 24.0 Å². The molecule has 0 radical (unpaired) electrons. The van der Waals surface area contributed by atoms with E-state index in [1.165, 1.54) is 38.8 Å². The normalized spacial score (nSPS) is 29.5. The van der Waals surface area contributed by atoms with Gasteiger partial charge in [0.2, 0.25) is 0 Å². The first-order valence-electron chi connectivity index (χ1n) is 6.22. The van der Waals surface area contributed by atoms with E-state index in [9.17, 15) is 0 Å². The van der Waals surface area contributed by atoms with Crippen molar-refractivity contribution in [2.24, 2.45) is 0 Å². The van der Waals surface area contributed by atoms with Gasteiger partial charge in [0.15, 0.2) is 0 Å². The number of nitrogens with zero attached hydrogens (tertiary/aromatic N) is 1. The smallest absolute Gasteiger partial charge is 0.0102 e. The summed E-state index contributed by atoms with van der Waals surface area (Å²) in [6.07, 6.45) is 5.69. The molecule has 2 heterocycles. The van der Waals surface area contributed by atoms with Gasteiger partial charge in [-0.2, -0.15) is 0 Å². The summed E-state index contributed by atoms with van der Waals surface area (Å²) in [7, 11) is 0. The Morgan fingerprint density at radius 2 is 1.88 bits per heavy atom. The second-order valence-electron chi connectivity index (χ2n) is 4.99. The van der Waals surface area contributed by atoms with Crippen LogP contribution in [-0.2, 0) is 0 Å². The SMILES string of the molecule is Cl.c1ccc(C2CC3CCCCN3C2)cc1. The fraction of sp³-hybridized carbons (Fsp3) is 0.571. The topological polar surface area (TPSA) is 3.24 Å². The van der Waals surface area contributed by atoms with Gasteiger partial charge < -0.3 is 0 Å². The van der Waals surface area contributed by atoms with Crippen molar-refractivity contribution in [3.05, 3.63) is 35.9 Å². The van der Waals surface area contributed by atoms with Crippen LogP contribution in [0, 0.1) is 0 Å². The summed E-state index contributed by atoms with van der Waals surface area (Å²) >= 11 is 0. The molecule has 0 spiro atoms. The molecular weight excluding hydrogens is 218 g/mol. The zero-order valence-electron chi connectivity index (χ0n) is 9.64. The van der Waals surface area contributed by atoms with Crippen molar-refractivity contribution >= 4 is 12.4 Å². The summed E-state index contributed by atoms with van der Waals surface area (Å²) in [5.41, 5.74) is 1.55. The first-order valence-corrected chi connectivity index (χ1v) is 6.22. The summed E-state index contributed by atoms with van der Waals surface area (Å²) in [5.74, 6) is 0.800. The zero-order valence-corrected chi connectivity index (χ0v) is 10.5. The predicted octanol–water partition coefficient (Wildman–Crippen LogP) is 3.45. The van der Waals surface area contributed by atoms with Crippen molar-refractivity contribution in [1.82, 2.24) is 4.90 Å². The van der Waals surface area contributed by atoms with Gasteiger partial charge in [0.05, 0.1) is 0 Å². The average Bonchev–Trinajstić information content (AvgIpc) is 2.74. The number of halogens is 1. The summed E-state index contributed by atoms with van der Waals surface area (Å²) in [6, 6.07) is 11.9. The molecule has 2 heteroatoms. The van der Waals surface area contributed by atoms with Crippen LogP contribution in [0.25, 0.3) is 0 Å². The molecule has 0 aromatic heterocycles. The van der Waals surface area contributed by atoms with E-state index < -0.39 is 0 Å². The van der Waals surface area contributed by atoms with E-state index in [2.05, 4.69) is 35.2 Å². The third-order valence-electron chi connectivity index (χ3n) is 4.03. The van der Waals surface area contributed by atoms with Crippen molar-refractivity contribution in [2.75, 3.05) is 13.1 Å². The summed E-state index contributed by atoms with van der Waals surface area (Å²) in [5, 5.41) is 0. The van der Waals surface area contributed by atoms with Gasteiger partial charge in [-0.1, -0.05) is 36.8 Å². The lowest BCUT2D eigenvalue weighted by molar-refractivity contribution is 0.197. The minimum absolute atomic E-state index is 0. The van der Waals surface area contributed by atoms with Crippen LogP contribution in [0.15, 0.2) is 30.3 Å². The van der Waals surface area contributed by atoms with Gasteiger partial charge in [-0.15, -0.1) is 12.4 Å². The quantitative estimate of drug-likeness (QED) is 0.723. The van der Waals surface area contributed by atoms with Crippen LogP contribution in [0.5, 0.6) is 0 Å². The van der Waals surface area contributed by atoms with Gasteiger partial charge in [0.25, 0.3) is 0 Å². The van der Waals surface area contributed by atoms with Crippen molar-refractivity contribution in [1.29, 1.82) is 0 Å². The first kappa shape index (κ1) is 11.9. The molecule has 1 nitrogen and oxygen atoms in total. The molecule has 0 amide bonds. The number of hydrogen-bond acceptors (Lipinski definition) is 1. The Morgan fingerprint density at radius 3 is 2.62 bits per heavy atom. The maximum absolute atomic E-state index is 2.71. The van der Waals surface area contributed by atoms with E-state index in [-0.39, 0.29) is 12.4 Å². The third-order valence-corrected chi connectivity index (χ3v) is 4.03. The Balaban J connectivity index is 0.000000963. The van der Waals surface area contributed by atoms with Gasteiger partial charge in [-0.25, -0.2) is 0 Å². The van der Waals surface area contributed by atoms with E-state index in [0.717, 1.165) is 12.0 Å². The molecule has 3 rings (SSSR count). The molecule has 2 aliphatic rings. The molecule has 2 unspecified atom stereocenters. The highest BCUT2D eigenvalue weighted by atomic mass is 35.5. The molecule has 0 N–H and O–H groups in total. The van der Waals surface area contributed by atoms with Crippen LogP contribution in [0.2, 0.25) is 0 Å². The molecule has 0 saturated carbocycles. The van der Waals surface area contributed by atoms with Crippen molar-refractivity contribution in [3.8, 4) is 0 Å². The summed E-state index contributed by atoms with van der Waals surface area (Å²) in [4.78, 5) is 2.71. The number of hydrogen-bond donors (Lipinski definition) is 0. The van der Waals surface area contributed by atoms with Crippen LogP contribution in [0.4, 0.5) is 0 Å². The summed E-state index contributed by atoms with van der Waals surface area (Å²) < 4.78 is 0. The Kier molecular flexibility index (Phi) is 3.88. The van der Waals surface area contributed by atoms with Crippen molar-refractivity contribution in [2.45, 2.75) is 37.6 Å². The van der Waals surface area contributed by atoms with Crippen LogP contribution in [0.3, 0.4) is 0 Å². The predicted molar refractivity (Wildman–Crippen MR) is 70.3 cm³/mol. The lowest BCUT2D eigenvalue weighted by Gasteiger charge is -2.28. The maximum Gasteiger partial charge on any atom is 0.0102 e. The van der Waals surface area contributed by atoms with Gasteiger partial charge in [0, 0.05) is 12.6 Å². The highest BCUT2D eigenvalue weighted by molar-refractivity contribution is 5.85. The fourth-order valence-electron chi connectivity index (χ4n) is 3.22. The molecule has 1 aromatic carbocycles. The first-order chi connectivity index (χ1) is 7.43. The zero-order chi connectivity index (χ0) is 10.1. The third kappa shape index (κ3) is 2.26. The average molecular weight is 238 g/mol. The lowest BCUT2D eigenvalue weighted by Crippen LogP contribution is -2.33. The van der Waals surface area contributed by atoms with Crippen molar-refractivity contribution in [3.63, 3.8) is 0 Å². The Hall–Kier alpha value is -0.530. The maximum atomic E-state index is 2.71. The lowest BCUT2D eigenvalue weighted by atomic mass is 9.94. The second-order valence-corrected chi connectivity index (χ2v) is 4.99. The molecule has 0 bridgehead atoms. The fourth-order valence-corrected chi connectivity index (χ4v) is 3.22. The minimum Gasteiger partial charge on any atom is -0.300 e. The van der Waals surface area contributed by atoms with E-state index in [1.54, 1.807) is 5.56 Å². The standard InChI is InChI=1S/C14H19N.ClH/c1-2-6-12(7-3-1)13-10-14-8-4-5-9-15(14)11-13;/h1-3,6-7,13-14H,4-5,8-11H2;1H. The second kappa shape index (κ2) is 5.20. The highest BCUT2D eigenvalue weighted by Gasteiger charge is 2.33. The van der Waals surface area contributed by atoms with Gasteiger partial charge in [-0.05, 0) is 37.3 Å². The molecule has 2 atom stereocenters. The minimum atomic E-state index is 0. The molecular formula is C14H20ClN. The number of rotatable bonds is 1. The van der Waals surface area contributed by atoms with Crippen molar-refractivity contribution < 1.29 is 0 Å². The molecule has 2 saturated heterocycles. The number of fused-ring (bicyclic) bond motifs is 1. The van der Waals surface area contributed by atoms with Gasteiger partial charge >= 0.3 is 0 Å². The monoisotopic (exact) mass is 237 g/mol. The number of piperidine rings is 1. The Labute approximate surface area is 104 Å². The van der Waals surface area contributed by atoms with E-state index >= 15 is 0 Å². The summed E-state index contributed by atoms with van der Waals surface area (Å²) in [6.45, 7) is 2.64. The van der Waals surface area contributed by atoms with E-state index in [4.69, 9.17) is 0 Å². The van der Waals surface area contributed by atoms with Crippen LogP contribution < -0.4 is 0 Å². The van der Waals surface area contributed by atoms with Gasteiger partial charge in [-0.3, -0.25) is 4.90 Å². The van der Waals surface area contributed by atoms with Crippen LogP contribution >= 0.6 is 12.4 Å². The van der Waals surface area contributed by atoms with E-state index in [1.807, 2.05) is 0 Å². The molecule has 16 heavy (non-hydrogen) atoms. The van der Waals surface area contributed by atoms with Gasteiger partial charge in [0.1, 0.15) is 0 Å². The molecule has 2 aliphatic heterocycles. The highest BCUT2D eigenvalue weighted by Crippen LogP contribution is 2.35. The molecule has 0 aliphatic carbocycles. The Bertz CT molecular complexity index is 311. The van der Waals surface area contributed by atoms with E-state index in [0.29, 0.717) is 0 Å². The molecule has 1 aromatic rings. The Morgan fingerprint density at radius 1 is 1.06 bits per heavy atom. The number of benzene rings is 1. The van der Waals surface area contributed by atoms with Crippen LogP contribution in [0.1, 0.15) is 37.2 Å². The molecule has 2 fully saturated rings. The molecule has 88 valence electrons. The largest absolute Gasteiger partial charge is 0.300 e.